The minimum absolute atomic E-state index is 0.0125. The molecule has 2 aromatic rings. The first-order valence-corrected chi connectivity index (χ1v) is 7.54. The summed E-state index contributed by atoms with van der Waals surface area (Å²) < 4.78 is 14.5. The maximum atomic E-state index is 13.9. The monoisotopic (exact) mass is 369 g/mol. The third kappa shape index (κ3) is 3.63. The number of rotatable bonds is 6. The Balaban J connectivity index is 2.32. The lowest BCUT2D eigenvalue weighted by Gasteiger charge is -2.23. The van der Waals surface area contributed by atoms with E-state index in [0.29, 0.717) is 34.9 Å². The van der Waals surface area contributed by atoms with Crippen molar-refractivity contribution in [3.63, 3.8) is 0 Å². The smallest absolute Gasteiger partial charge is 0.159 e. The normalized spacial score (nSPS) is 10.5. The van der Waals surface area contributed by atoms with E-state index in [9.17, 15) is 4.39 Å². The summed E-state index contributed by atoms with van der Waals surface area (Å²) in [4.78, 5) is 10.0. The van der Waals surface area contributed by atoms with Crippen LogP contribution in [-0.2, 0) is 0 Å². The van der Waals surface area contributed by atoms with Gasteiger partial charge < -0.3 is 21.1 Å². The van der Waals surface area contributed by atoms with Crippen LogP contribution in [0.3, 0.4) is 0 Å². The Hall–Kier alpha value is -1.93. The zero-order valence-corrected chi connectivity index (χ0v) is 13.6. The first-order valence-electron chi connectivity index (χ1n) is 6.75. The Bertz CT molecular complexity index is 655. The van der Waals surface area contributed by atoms with Gasteiger partial charge in [-0.15, -0.1) is 0 Å². The maximum Gasteiger partial charge on any atom is 0.159 e. The maximum absolute atomic E-state index is 13.9. The topological polar surface area (TPSA) is 87.3 Å². The largest absolute Gasteiger partial charge is 0.395 e. The van der Waals surface area contributed by atoms with E-state index >= 15 is 0 Å². The van der Waals surface area contributed by atoms with Gasteiger partial charge in [0, 0.05) is 17.6 Å². The van der Waals surface area contributed by atoms with Gasteiger partial charge in [0.2, 0.25) is 0 Å². The Morgan fingerprint density at radius 2 is 2.18 bits per heavy atom. The molecule has 0 aliphatic rings. The number of aliphatic hydroxyl groups excluding tert-OH is 1. The average molecular weight is 370 g/mol. The van der Waals surface area contributed by atoms with E-state index in [1.807, 2.05) is 11.8 Å². The number of aromatic nitrogens is 2. The van der Waals surface area contributed by atoms with Crippen molar-refractivity contribution in [1.82, 2.24) is 9.97 Å². The fraction of sp³-hybridized carbons (Fsp3) is 0.286. The van der Waals surface area contributed by atoms with Crippen LogP contribution in [0.5, 0.6) is 0 Å². The summed E-state index contributed by atoms with van der Waals surface area (Å²) in [6.07, 6.45) is 1.35. The molecule has 4 N–H and O–H groups in total. The van der Waals surface area contributed by atoms with Gasteiger partial charge in [-0.2, -0.15) is 0 Å². The predicted molar refractivity (Wildman–Crippen MR) is 88.8 cm³/mol. The second-order valence-electron chi connectivity index (χ2n) is 4.51. The molecule has 0 radical (unpaired) electrons. The lowest BCUT2D eigenvalue weighted by Crippen LogP contribution is -2.28. The molecule has 118 valence electrons. The molecule has 1 aromatic heterocycles. The van der Waals surface area contributed by atoms with E-state index in [2.05, 4.69) is 31.2 Å². The third-order valence-electron chi connectivity index (χ3n) is 3.10. The summed E-state index contributed by atoms with van der Waals surface area (Å²) in [6.45, 7) is 2.96. The van der Waals surface area contributed by atoms with Crippen LogP contribution in [0, 0.1) is 5.82 Å². The molecule has 6 nitrogen and oxygen atoms in total. The van der Waals surface area contributed by atoms with Gasteiger partial charge in [0.05, 0.1) is 12.3 Å². The molecule has 0 aliphatic heterocycles. The molecule has 0 saturated carbocycles. The highest BCUT2D eigenvalue weighted by atomic mass is 79.9. The zero-order valence-electron chi connectivity index (χ0n) is 12.1. The number of nitrogens with two attached hydrogens (primary N) is 1. The van der Waals surface area contributed by atoms with Crippen LogP contribution >= 0.6 is 15.9 Å². The molecule has 0 unspecified atom stereocenters. The first kappa shape index (κ1) is 16.4. The number of anilines is 4. The Labute approximate surface area is 136 Å². The van der Waals surface area contributed by atoms with Crippen molar-refractivity contribution in [1.29, 1.82) is 0 Å². The minimum atomic E-state index is -0.420. The third-order valence-corrected chi connectivity index (χ3v) is 3.59. The van der Waals surface area contributed by atoms with Crippen molar-refractivity contribution in [3.05, 3.63) is 34.8 Å². The van der Waals surface area contributed by atoms with Gasteiger partial charge in [0.25, 0.3) is 0 Å². The van der Waals surface area contributed by atoms with Gasteiger partial charge in [0.15, 0.2) is 11.6 Å². The summed E-state index contributed by atoms with van der Waals surface area (Å²) in [5.74, 6) is 0.408. The van der Waals surface area contributed by atoms with Crippen LogP contribution in [0.25, 0.3) is 0 Å². The van der Waals surface area contributed by atoms with Crippen LogP contribution in [0.15, 0.2) is 29.0 Å². The molecular weight excluding hydrogens is 353 g/mol. The van der Waals surface area contributed by atoms with Gasteiger partial charge in [-0.05, 0) is 25.1 Å². The molecule has 0 atom stereocenters. The molecule has 0 spiro atoms. The SMILES string of the molecule is CCN(CCO)c1ncnc(Nc2ccc(Br)cc2F)c1N. The first-order chi connectivity index (χ1) is 10.6. The number of aliphatic hydroxyl groups is 1. The van der Waals surface area contributed by atoms with Crippen molar-refractivity contribution in [2.75, 3.05) is 35.6 Å². The second kappa shape index (κ2) is 7.37. The molecule has 0 aliphatic carbocycles. The van der Waals surface area contributed by atoms with Crippen molar-refractivity contribution >= 4 is 38.9 Å². The molecule has 1 heterocycles. The molecular formula is C14H17BrFN5O. The standard InChI is InChI=1S/C14H17BrFN5O/c1-2-21(5-6-22)14-12(17)13(18-8-19-14)20-11-4-3-9(15)7-10(11)16/h3-4,7-8,22H,2,5-6,17H2,1H3,(H,18,19,20). The summed E-state index contributed by atoms with van der Waals surface area (Å²) >= 11 is 3.21. The van der Waals surface area contributed by atoms with Crippen molar-refractivity contribution < 1.29 is 9.50 Å². The Morgan fingerprint density at radius 1 is 1.41 bits per heavy atom. The fourth-order valence-electron chi connectivity index (χ4n) is 1.99. The van der Waals surface area contributed by atoms with Gasteiger partial charge in [0.1, 0.15) is 17.8 Å². The summed E-state index contributed by atoms with van der Waals surface area (Å²) in [5, 5.41) is 12.0. The second-order valence-corrected chi connectivity index (χ2v) is 5.43. The van der Waals surface area contributed by atoms with E-state index in [1.54, 1.807) is 12.1 Å². The predicted octanol–water partition coefficient (Wildman–Crippen LogP) is 2.52. The summed E-state index contributed by atoms with van der Waals surface area (Å²) in [6, 6.07) is 4.66. The number of hydrogen-bond acceptors (Lipinski definition) is 6. The van der Waals surface area contributed by atoms with Gasteiger partial charge in [-0.1, -0.05) is 15.9 Å². The Kier molecular flexibility index (Phi) is 5.51. The van der Waals surface area contributed by atoms with Crippen molar-refractivity contribution in [2.24, 2.45) is 0 Å². The van der Waals surface area contributed by atoms with Crippen LogP contribution in [0.2, 0.25) is 0 Å². The van der Waals surface area contributed by atoms with Gasteiger partial charge in [-0.3, -0.25) is 0 Å². The summed E-state index contributed by atoms with van der Waals surface area (Å²) in [7, 11) is 0. The molecule has 0 fully saturated rings. The number of halogens is 2. The lowest BCUT2D eigenvalue weighted by molar-refractivity contribution is 0.302. The molecule has 8 heteroatoms. The fourth-order valence-corrected chi connectivity index (χ4v) is 2.32. The molecule has 2 rings (SSSR count). The number of hydrogen-bond donors (Lipinski definition) is 3. The van der Waals surface area contributed by atoms with E-state index < -0.39 is 5.82 Å². The van der Waals surface area contributed by atoms with Crippen LogP contribution in [0.1, 0.15) is 6.92 Å². The zero-order chi connectivity index (χ0) is 16.1. The minimum Gasteiger partial charge on any atom is -0.395 e. The van der Waals surface area contributed by atoms with Crippen molar-refractivity contribution in [3.8, 4) is 0 Å². The molecule has 0 amide bonds. The van der Waals surface area contributed by atoms with Crippen LogP contribution in [-0.4, -0.2) is 34.8 Å². The highest BCUT2D eigenvalue weighted by Crippen LogP contribution is 2.29. The quantitative estimate of drug-likeness (QED) is 0.725. The van der Waals surface area contributed by atoms with E-state index in [4.69, 9.17) is 10.8 Å². The molecule has 0 saturated heterocycles. The average Bonchev–Trinajstić information content (AvgIpc) is 2.50. The number of nitrogens with zero attached hydrogens (tertiary/aromatic N) is 3. The van der Waals surface area contributed by atoms with E-state index in [0.717, 1.165) is 0 Å². The van der Waals surface area contributed by atoms with Crippen molar-refractivity contribution in [2.45, 2.75) is 6.92 Å². The van der Waals surface area contributed by atoms with Crippen LogP contribution < -0.4 is 16.0 Å². The van der Waals surface area contributed by atoms with E-state index in [1.165, 1.54) is 12.4 Å². The highest BCUT2D eigenvalue weighted by Gasteiger charge is 2.14. The summed E-state index contributed by atoms with van der Waals surface area (Å²) in [5.41, 5.74) is 6.65. The number of nitrogens with one attached hydrogen (secondary N) is 1. The number of benzene rings is 1. The highest BCUT2D eigenvalue weighted by molar-refractivity contribution is 9.10. The molecule has 22 heavy (non-hydrogen) atoms. The van der Waals surface area contributed by atoms with Gasteiger partial charge >= 0.3 is 0 Å². The molecule has 1 aromatic carbocycles. The van der Waals surface area contributed by atoms with Gasteiger partial charge in [-0.25, -0.2) is 14.4 Å². The van der Waals surface area contributed by atoms with Crippen LogP contribution in [0.4, 0.5) is 27.4 Å². The van der Waals surface area contributed by atoms with E-state index in [-0.39, 0.29) is 12.3 Å². The number of likely N-dealkylation sites (N-methyl/N-ethyl adjacent to an activating group) is 1. The lowest BCUT2D eigenvalue weighted by atomic mass is 10.3. The molecule has 0 bridgehead atoms. The Morgan fingerprint density at radius 3 is 2.82 bits per heavy atom. The number of nitrogen functional groups attached to an aromatic ring is 1.